The summed E-state index contributed by atoms with van der Waals surface area (Å²) in [6, 6.07) is 15.8. The molecule has 0 radical (unpaired) electrons. The predicted molar refractivity (Wildman–Crippen MR) is 122 cm³/mol. The second-order valence-corrected chi connectivity index (χ2v) is 7.63. The summed E-state index contributed by atoms with van der Waals surface area (Å²) in [6.45, 7) is 5.91. The number of aromatic nitrogens is 1. The zero-order chi connectivity index (χ0) is 23.0. The quantitative estimate of drug-likeness (QED) is 0.501. The largest absolute Gasteiger partial charge is 0.495 e. The van der Waals surface area contributed by atoms with Gasteiger partial charge in [-0.1, -0.05) is 29.8 Å². The van der Waals surface area contributed by atoms with Crippen molar-refractivity contribution in [3.8, 4) is 11.4 Å². The molecule has 7 nitrogen and oxygen atoms in total. The van der Waals surface area contributed by atoms with E-state index in [1.54, 1.807) is 24.3 Å². The highest BCUT2D eigenvalue weighted by atomic mass is 16.5. The van der Waals surface area contributed by atoms with Crippen LogP contribution in [0.15, 0.2) is 60.2 Å². The van der Waals surface area contributed by atoms with Crippen LogP contribution in [-0.2, 0) is 9.59 Å². The lowest BCUT2D eigenvalue weighted by Crippen LogP contribution is -2.54. The molecule has 2 aromatic carbocycles. The normalized spacial score (nSPS) is 15.3. The smallest absolute Gasteiger partial charge is 0.336 e. The Labute approximate surface area is 185 Å². The molecule has 1 aliphatic heterocycles. The Bertz CT molecular complexity index is 1270. The minimum atomic E-state index is -0.813. The van der Waals surface area contributed by atoms with Gasteiger partial charge in [0.2, 0.25) is 0 Å². The molecule has 0 bridgehead atoms. The van der Waals surface area contributed by atoms with Gasteiger partial charge in [-0.3, -0.25) is 14.9 Å². The van der Waals surface area contributed by atoms with Crippen LogP contribution in [0, 0.1) is 20.8 Å². The van der Waals surface area contributed by atoms with Gasteiger partial charge < -0.3 is 9.30 Å². The number of benzene rings is 2. The summed E-state index contributed by atoms with van der Waals surface area (Å²) < 4.78 is 7.35. The molecule has 0 spiro atoms. The number of hydrogen-bond acceptors (Lipinski definition) is 4. The van der Waals surface area contributed by atoms with Crippen molar-refractivity contribution in [3.05, 3.63) is 82.7 Å². The van der Waals surface area contributed by atoms with Crippen LogP contribution in [-0.4, -0.2) is 29.5 Å². The summed E-state index contributed by atoms with van der Waals surface area (Å²) in [6.07, 6.45) is 1.53. The molecule has 162 valence electrons. The number of carbonyl (C=O) groups is 3. The number of amides is 4. The molecule has 0 unspecified atom stereocenters. The van der Waals surface area contributed by atoms with Gasteiger partial charge in [-0.15, -0.1) is 0 Å². The van der Waals surface area contributed by atoms with E-state index in [1.165, 1.54) is 13.2 Å². The maximum absolute atomic E-state index is 13.2. The molecule has 32 heavy (non-hydrogen) atoms. The minimum Gasteiger partial charge on any atom is -0.495 e. The molecule has 0 atom stereocenters. The zero-order valence-electron chi connectivity index (χ0n) is 18.3. The lowest BCUT2D eigenvalue weighted by atomic mass is 10.1. The Kier molecular flexibility index (Phi) is 5.40. The molecular formula is C25H23N3O4. The predicted octanol–water partition coefficient (Wildman–Crippen LogP) is 4.08. The molecule has 0 aliphatic carbocycles. The molecule has 4 amide bonds. The number of urea groups is 1. The number of aryl methyl sites for hydroxylation is 2. The van der Waals surface area contributed by atoms with E-state index in [4.69, 9.17) is 4.74 Å². The topological polar surface area (TPSA) is 80.6 Å². The monoisotopic (exact) mass is 429 g/mol. The van der Waals surface area contributed by atoms with Gasteiger partial charge in [0.25, 0.3) is 11.8 Å². The highest BCUT2D eigenvalue weighted by Crippen LogP contribution is 2.31. The van der Waals surface area contributed by atoms with Crippen molar-refractivity contribution in [3.63, 3.8) is 0 Å². The van der Waals surface area contributed by atoms with E-state index in [2.05, 4.69) is 9.88 Å². The van der Waals surface area contributed by atoms with E-state index in [0.29, 0.717) is 5.75 Å². The lowest BCUT2D eigenvalue weighted by Gasteiger charge is -2.27. The van der Waals surface area contributed by atoms with Crippen LogP contribution in [0.5, 0.6) is 5.75 Å². The number of nitrogens with one attached hydrogen (secondary N) is 1. The van der Waals surface area contributed by atoms with Gasteiger partial charge in [0.15, 0.2) is 0 Å². The van der Waals surface area contributed by atoms with E-state index in [-0.39, 0.29) is 11.3 Å². The fourth-order valence-electron chi connectivity index (χ4n) is 3.87. The number of ether oxygens (including phenoxy) is 1. The van der Waals surface area contributed by atoms with Gasteiger partial charge in [0.05, 0.1) is 12.8 Å². The van der Waals surface area contributed by atoms with Crippen molar-refractivity contribution < 1.29 is 19.1 Å². The van der Waals surface area contributed by atoms with Crippen molar-refractivity contribution in [1.29, 1.82) is 0 Å². The number of barbiturate groups is 1. The minimum absolute atomic E-state index is 0.125. The van der Waals surface area contributed by atoms with Crippen molar-refractivity contribution in [2.75, 3.05) is 12.0 Å². The van der Waals surface area contributed by atoms with Gasteiger partial charge in [-0.25, -0.2) is 9.69 Å². The highest BCUT2D eigenvalue weighted by molar-refractivity contribution is 6.39. The Morgan fingerprint density at radius 1 is 0.938 bits per heavy atom. The molecule has 4 rings (SSSR count). The van der Waals surface area contributed by atoms with E-state index < -0.39 is 17.8 Å². The average Bonchev–Trinajstić information content (AvgIpc) is 3.05. The molecular weight excluding hydrogens is 406 g/mol. The Morgan fingerprint density at radius 3 is 2.31 bits per heavy atom. The Hall–Kier alpha value is -4.13. The summed E-state index contributed by atoms with van der Waals surface area (Å²) in [7, 11) is 1.45. The van der Waals surface area contributed by atoms with Crippen molar-refractivity contribution in [1.82, 2.24) is 9.88 Å². The first kappa shape index (κ1) is 21.1. The summed E-state index contributed by atoms with van der Waals surface area (Å²) >= 11 is 0. The third kappa shape index (κ3) is 3.58. The number of rotatable bonds is 4. The number of carbonyl (C=O) groups excluding carboxylic acids is 3. The molecule has 2 heterocycles. The van der Waals surface area contributed by atoms with E-state index in [1.807, 2.05) is 51.1 Å². The van der Waals surface area contributed by atoms with Crippen LogP contribution in [0.3, 0.4) is 0 Å². The van der Waals surface area contributed by atoms with Gasteiger partial charge >= 0.3 is 6.03 Å². The second-order valence-electron chi connectivity index (χ2n) is 7.63. The molecule has 1 aliphatic rings. The van der Waals surface area contributed by atoms with Gasteiger partial charge in [0.1, 0.15) is 11.3 Å². The molecule has 0 saturated carbocycles. The fraction of sp³-hybridized carbons (Fsp3) is 0.160. The van der Waals surface area contributed by atoms with Crippen molar-refractivity contribution in [2.24, 2.45) is 0 Å². The van der Waals surface area contributed by atoms with E-state index >= 15 is 0 Å². The first-order chi connectivity index (χ1) is 15.3. The maximum atomic E-state index is 13.2. The second kappa shape index (κ2) is 8.19. The van der Waals surface area contributed by atoms with Gasteiger partial charge in [0, 0.05) is 17.1 Å². The third-order valence-electron chi connectivity index (χ3n) is 5.49. The number of nitrogens with zero attached hydrogens (tertiary/aromatic N) is 2. The molecule has 1 fully saturated rings. The Morgan fingerprint density at radius 2 is 1.62 bits per heavy atom. The van der Waals surface area contributed by atoms with Crippen LogP contribution < -0.4 is 15.0 Å². The number of hydrogen-bond donors (Lipinski definition) is 1. The molecule has 3 aromatic rings. The number of para-hydroxylation sites is 2. The van der Waals surface area contributed by atoms with Crippen molar-refractivity contribution in [2.45, 2.75) is 20.8 Å². The van der Waals surface area contributed by atoms with E-state index in [0.717, 1.165) is 33.1 Å². The van der Waals surface area contributed by atoms with Crippen molar-refractivity contribution >= 4 is 29.6 Å². The standard InChI is InChI=1S/C25H23N3O4/c1-15-9-11-19(12-10-15)27-16(2)13-18(17(27)3)14-20-23(29)26-25(31)28(24(20)30)21-7-5-6-8-22(21)32-4/h5-14H,1-4H3,(H,26,29,31)/b20-14-. The van der Waals surface area contributed by atoms with Gasteiger partial charge in [-0.05, 0) is 62.7 Å². The molecule has 1 N–H and O–H groups in total. The SMILES string of the molecule is COc1ccccc1N1C(=O)NC(=O)/C(=C/c2cc(C)n(-c3ccc(C)cc3)c2C)C1=O. The summed E-state index contributed by atoms with van der Waals surface area (Å²) in [4.78, 5) is 39.2. The summed E-state index contributed by atoms with van der Waals surface area (Å²) in [5, 5.41) is 2.26. The van der Waals surface area contributed by atoms with Crippen LogP contribution in [0.2, 0.25) is 0 Å². The molecule has 1 saturated heterocycles. The van der Waals surface area contributed by atoms with Crippen LogP contribution in [0.25, 0.3) is 11.8 Å². The van der Waals surface area contributed by atoms with Crippen LogP contribution in [0.4, 0.5) is 10.5 Å². The zero-order valence-corrected chi connectivity index (χ0v) is 18.3. The number of anilines is 1. The molecule has 7 heteroatoms. The van der Waals surface area contributed by atoms with Crippen LogP contribution in [0.1, 0.15) is 22.5 Å². The maximum Gasteiger partial charge on any atom is 0.336 e. The van der Waals surface area contributed by atoms with E-state index in [9.17, 15) is 14.4 Å². The van der Waals surface area contributed by atoms with Gasteiger partial charge in [-0.2, -0.15) is 0 Å². The highest BCUT2D eigenvalue weighted by Gasteiger charge is 2.38. The summed E-state index contributed by atoms with van der Waals surface area (Å²) in [5.74, 6) is -1.09. The lowest BCUT2D eigenvalue weighted by molar-refractivity contribution is -0.122. The first-order valence-corrected chi connectivity index (χ1v) is 10.1. The molecule has 1 aromatic heterocycles. The first-order valence-electron chi connectivity index (χ1n) is 10.1. The van der Waals surface area contributed by atoms with Crippen LogP contribution >= 0.6 is 0 Å². The summed E-state index contributed by atoms with van der Waals surface area (Å²) in [5.41, 5.74) is 4.83. The fourth-order valence-corrected chi connectivity index (χ4v) is 3.87. The third-order valence-corrected chi connectivity index (χ3v) is 5.49. The Balaban J connectivity index is 1.77. The number of imide groups is 2. The number of methoxy groups -OCH3 is 1. The average molecular weight is 429 g/mol.